The van der Waals surface area contributed by atoms with E-state index in [2.05, 4.69) is 12.2 Å². The highest BCUT2D eigenvalue weighted by atomic mass is 16.3. The van der Waals surface area contributed by atoms with E-state index in [1.54, 1.807) is 0 Å². The van der Waals surface area contributed by atoms with E-state index in [4.69, 9.17) is 10.8 Å². The Balaban J connectivity index is 3.90. The van der Waals surface area contributed by atoms with E-state index in [9.17, 15) is 4.79 Å². The molecule has 0 heterocycles. The summed E-state index contributed by atoms with van der Waals surface area (Å²) >= 11 is 0. The number of hydrogen-bond acceptors (Lipinski definition) is 3. The number of aliphatic hydroxyl groups excluding tert-OH is 1. The van der Waals surface area contributed by atoms with Crippen LogP contribution >= 0.6 is 0 Å². The Morgan fingerprint density at radius 1 is 1.47 bits per heavy atom. The van der Waals surface area contributed by atoms with Crippen LogP contribution in [0, 0.1) is 5.92 Å². The highest BCUT2D eigenvalue weighted by Gasteiger charge is 2.18. The molecule has 0 spiro atoms. The van der Waals surface area contributed by atoms with Gasteiger partial charge >= 0.3 is 0 Å². The molecule has 0 aliphatic heterocycles. The van der Waals surface area contributed by atoms with Crippen LogP contribution in [0.15, 0.2) is 0 Å². The molecule has 0 aliphatic rings. The number of unbranched alkanes of at least 4 members (excludes halogenated alkanes) is 1. The molecular formula is C11H24N2O2. The molecule has 0 aliphatic carbocycles. The molecule has 15 heavy (non-hydrogen) atoms. The van der Waals surface area contributed by atoms with Crippen LogP contribution in [0.5, 0.6) is 0 Å². The van der Waals surface area contributed by atoms with Crippen LogP contribution in [0.25, 0.3) is 0 Å². The van der Waals surface area contributed by atoms with Crippen LogP contribution in [-0.4, -0.2) is 29.7 Å². The molecule has 0 rings (SSSR count). The first kappa shape index (κ1) is 14.4. The van der Waals surface area contributed by atoms with E-state index >= 15 is 0 Å². The molecule has 0 fully saturated rings. The van der Waals surface area contributed by atoms with Gasteiger partial charge in [0.25, 0.3) is 0 Å². The highest BCUT2D eigenvalue weighted by molar-refractivity contribution is 5.81. The van der Waals surface area contributed by atoms with Gasteiger partial charge in [-0.3, -0.25) is 4.79 Å². The Hall–Kier alpha value is -0.610. The maximum atomic E-state index is 11.6. The maximum absolute atomic E-state index is 11.6. The Morgan fingerprint density at radius 2 is 2.07 bits per heavy atom. The monoisotopic (exact) mass is 216 g/mol. The lowest BCUT2D eigenvalue weighted by molar-refractivity contribution is -0.123. The van der Waals surface area contributed by atoms with Crippen molar-refractivity contribution in [2.45, 2.75) is 52.1 Å². The second kappa shape index (κ2) is 7.65. The fourth-order valence-electron chi connectivity index (χ4n) is 1.19. The van der Waals surface area contributed by atoms with Crippen molar-refractivity contribution in [3.8, 4) is 0 Å². The summed E-state index contributed by atoms with van der Waals surface area (Å²) in [6, 6.07) is -0.450. The van der Waals surface area contributed by atoms with Gasteiger partial charge in [0.05, 0.1) is 6.04 Å². The minimum Gasteiger partial charge on any atom is -0.396 e. The normalized spacial score (nSPS) is 16.9. The van der Waals surface area contributed by atoms with Crippen LogP contribution in [0.3, 0.4) is 0 Å². The number of nitrogens with two attached hydrogens (primary N) is 1. The number of carbonyl (C=O) groups is 1. The van der Waals surface area contributed by atoms with Gasteiger partial charge in [-0.2, -0.15) is 0 Å². The third-order valence-electron chi connectivity index (χ3n) is 2.72. The molecule has 3 atom stereocenters. The first-order valence-electron chi connectivity index (χ1n) is 5.69. The fraction of sp³-hybridized carbons (Fsp3) is 0.909. The number of nitrogens with one attached hydrogen (secondary N) is 1. The summed E-state index contributed by atoms with van der Waals surface area (Å²) in [4.78, 5) is 11.6. The largest absolute Gasteiger partial charge is 0.396 e. The summed E-state index contributed by atoms with van der Waals surface area (Å²) in [5, 5.41) is 11.7. The average Bonchev–Trinajstić information content (AvgIpc) is 2.24. The van der Waals surface area contributed by atoms with Gasteiger partial charge in [0, 0.05) is 12.6 Å². The summed E-state index contributed by atoms with van der Waals surface area (Å²) in [5.41, 5.74) is 5.72. The molecule has 4 N–H and O–H groups in total. The zero-order valence-corrected chi connectivity index (χ0v) is 9.99. The van der Waals surface area contributed by atoms with Crippen molar-refractivity contribution in [1.29, 1.82) is 0 Å². The molecule has 1 amide bonds. The first-order chi connectivity index (χ1) is 7.02. The molecule has 0 aromatic carbocycles. The molecule has 2 unspecified atom stereocenters. The van der Waals surface area contributed by atoms with Gasteiger partial charge in [-0.1, -0.05) is 26.7 Å². The van der Waals surface area contributed by atoms with Crippen LogP contribution < -0.4 is 11.1 Å². The van der Waals surface area contributed by atoms with Crippen LogP contribution in [0.2, 0.25) is 0 Å². The molecule has 4 heteroatoms. The molecule has 0 aromatic heterocycles. The molecule has 90 valence electrons. The standard InChI is InChI=1S/C11H24N2O2/c1-4-5-6-10(12)11(15)13-9(3)8(2)7-14/h8-10,14H,4-7,12H2,1-3H3,(H,13,15)/t8?,9?,10-/m0/s1. The lowest BCUT2D eigenvalue weighted by Crippen LogP contribution is -2.46. The van der Waals surface area contributed by atoms with Gasteiger partial charge in [0.1, 0.15) is 0 Å². The van der Waals surface area contributed by atoms with E-state index in [1.807, 2.05) is 13.8 Å². The van der Waals surface area contributed by atoms with Crippen LogP contribution in [0.4, 0.5) is 0 Å². The molecular weight excluding hydrogens is 192 g/mol. The Bertz CT molecular complexity index is 185. The van der Waals surface area contributed by atoms with Gasteiger partial charge in [-0.05, 0) is 19.3 Å². The maximum Gasteiger partial charge on any atom is 0.237 e. The van der Waals surface area contributed by atoms with Crippen molar-refractivity contribution in [1.82, 2.24) is 5.32 Å². The van der Waals surface area contributed by atoms with Gasteiger partial charge in [0.15, 0.2) is 0 Å². The van der Waals surface area contributed by atoms with Crippen LogP contribution in [0.1, 0.15) is 40.0 Å². The minimum absolute atomic E-state index is 0.0322. The summed E-state index contributed by atoms with van der Waals surface area (Å²) in [6.45, 7) is 5.92. The Kier molecular flexibility index (Phi) is 7.34. The number of rotatable bonds is 7. The summed E-state index contributed by atoms with van der Waals surface area (Å²) < 4.78 is 0. The van der Waals surface area contributed by atoms with Crippen molar-refractivity contribution >= 4 is 5.91 Å². The Labute approximate surface area is 92.2 Å². The van der Waals surface area contributed by atoms with E-state index in [-0.39, 0.29) is 24.5 Å². The number of hydrogen-bond donors (Lipinski definition) is 3. The third kappa shape index (κ3) is 5.74. The van der Waals surface area contributed by atoms with Crippen LogP contribution in [-0.2, 0) is 4.79 Å². The first-order valence-corrected chi connectivity index (χ1v) is 5.69. The van der Waals surface area contributed by atoms with Crippen molar-refractivity contribution < 1.29 is 9.90 Å². The average molecular weight is 216 g/mol. The molecule has 0 saturated carbocycles. The topological polar surface area (TPSA) is 75.4 Å². The van der Waals surface area contributed by atoms with Crippen molar-refractivity contribution in [3.05, 3.63) is 0 Å². The summed E-state index contributed by atoms with van der Waals surface area (Å²) in [5.74, 6) is -0.0522. The van der Waals surface area contributed by atoms with E-state index < -0.39 is 6.04 Å². The predicted molar refractivity (Wildman–Crippen MR) is 61.4 cm³/mol. The van der Waals surface area contributed by atoms with Gasteiger partial charge in [-0.15, -0.1) is 0 Å². The molecule has 0 radical (unpaired) electrons. The number of amides is 1. The van der Waals surface area contributed by atoms with Gasteiger partial charge < -0.3 is 16.2 Å². The van der Waals surface area contributed by atoms with Gasteiger partial charge in [-0.25, -0.2) is 0 Å². The molecule has 4 nitrogen and oxygen atoms in total. The number of carbonyl (C=O) groups excluding carboxylic acids is 1. The zero-order chi connectivity index (χ0) is 11.8. The number of aliphatic hydroxyl groups is 1. The highest BCUT2D eigenvalue weighted by Crippen LogP contribution is 2.03. The summed E-state index contributed by atoms with van der Waals surface area (Å²) in [6.07, 6.45) is 2.74. The second-order valence-electron chi connectivity index (χ2n) is 4.21. The predicted octanol–water partition coefficient (Wildman–Crippen LogP) is 0.637. The van der Waals surface area contributed by atoms with E-state index in [0.29, 0.717) is 0 Å². The SMILES string of the molecule is CCCC[C@H](N)C(=O)NC(C)C(C)CO. The second-order valence-corrected chi connectivity index (χ2v) is 4.21. The summed E-state index contributed by atoms with van der Waals surface area (Å²) in [7, 11) is 0. The minimum atomic E-state index is -0.418. The lowest BCUT2D eigenvalue weighted by atomic mass is 10.0. The quantitative estimate of drug-likeness (QED) is 0.584. The smallest absolute Gasteiger partial charge is 0.237 e. The third-order valence-corrected chi connectivity index (χ3v) is 2.72. The van der Waals surface area contributed by atoms with Crippen molar-refractivity contribution in [2.24, 2.45) is 11.7 Å². The molecule has 0 saturated heterocycles. The van der Waals surface area contributed by atoms with Gasteiger partial charge in [0.2, 0.25) is 5.91 Å². The lowest BCUT2D eigenvalue weighted by Gasteiger charge is -2.21. The Morgan fingerprint density at radius 3 is 2.53 bits per heavy atom. The molecule has 0 aromatic rings. The zero-order valence-electron chi connectivity index (χ0n) is 9.99. The van der Waals surface area contributed by atoms with E-state index in [0.717, 1.165) is 19.3 Å². The molecule has 0 bridgehead atoms. The van der Waals surface area contributed by atoms with E-state index in [1.165, 1.54) is 0 Å². The van der Waals surface area contributed by atoms with Crippen molar-refractivity contribution in [3.63, 3.8) is 0 Å². The van der Waals surface area contributed by atoms with Crippen molar-refractivity contribution in [2.75, 3.05) is 6.61 Å². The fourth-order valence-corrected chi connectivity index (χ4v) is 1.19.